The Morgan fingerprint density at radius 2 is 2.00 bits per heavy atom. The Morgan fingerprint density at radius 3 is 2.62 bits per heavy atom. The predicted molar refractivity (Wildman–Crippen MR) is 53.7 cm³/mol. The third kappa shape index (κ3) is 4.15. The number of urea groups is 1. The van der Waals surface area contributed by atoms with E-state index in [9.17, 15) is 4.79 Å². The molecule has 0 saturated heterocycles. The molecule has 0 aromatic carbocycles. The van der Waals surface area contributed by atoms with E-state index >= 15 is 0 Å². The number of nitrogens with one attached hydrogen (secondary N) is 2. The Hall–Kier alpha value is -0.730. The van der Waals surface area contributed by atoms with Gasteiger partial charge in [-0.05, 0) is 12.3 Å². The minimum atomic E-state index is -0.0594. The van der Waals surface area contributed by atoms with Gasteiger partial charge in [0.25, 0.3) is 0 Å². The molecule has 1 fully saturated rings. The maximum atomic E-state index is 10.8. The molecule has 0 heterocycles. The van der Waals surface area contributed by atoms with Crippen LogP contribution in [0.5, 0.6) is 0 Å². The summed E-state index contributed by atoms with van der Waals surface area (Å²) >= 11 is 0. The van der Waals surface area contributed by atoms with Gasteiger partial charge in [-0.2, -0.15) is 0 Å². The normalized spacial score (nSPS) is 18.2. The average molecular weight is 184 g/mol. The predicted octanol–water partition coefficient (Wildman–Crippen LogP) is 1.89. The van der Waals surface area contributed by atoms with Crippen molar-refractivity contribution < 1.29 is 4.79 Å². The molecule has 0 atom stereocenters. The zero-order valence-electron chi connectivity index (χ0n) is 8.44. The Balaban J connectivity index is 2.01. The molecule has 3 nitrogen and oxygen atoms in total. The van der Waals surface area contributed by atoms with Crippen LogP contribution in [0.3, 0.4) is 0 Å². The largest absolute Gasteiger partial charge is 0.341 e. The molecule has 76 valence electrons. The highest BCUT2D eigenvalue weighted by molar-refractivity contribution is 5.73. The molecule has 2 N–H and O–H groups in total. The number of hydrogen-bond donors (Lipinski definition) is 2. The van der Waals surface area contributed by atoms with E-state index in [1.807, 2.05) is 0 Å². The van der Waals surface area contributed by atoms with E-state index < -0.39 is 0 Å². The van der Waals surface area contributed by atoms with E-state index in [4.69, 9.17) is 0 Å². The molecule has 1 aliphatic carbocycles. The van der Waals surface area contributed by atoms with Crippen LogP contribution in [0, 0.1) is 5.92 Å². The van der Waals surface area contributed by atoms with Crippen molar-refractivity contribution >= 4 is 6.03 Å². The maximum Gasteiger partial charge on any atom is 0.314 e. The van der Waals surface area contributed by atoms with Crippen molar-refractivity contribution in [3.05, 3.63) is 0 Å². The summed E-state index contributed by atoms with van der Waals surface area (Å²) in [7, 11) is 1.65. The maximum absolute atomic E-state index is 10.8. The van der Waals surface area contributed by atoms with Gasteiger partial charge in [0.15, 0.2) is 0 Å². The van der Waals surface area contributed by atoms with Gasteiger partial charge in [-0.3, -0.25) is 0 Å². The summed E-state index contributed by atoms with van der Waals surface area (Å²) in [6.07, 6.45) is 8.02. The molecular weight excluding hydrogens is 164 g/mol. The van der Waals surface area contributed by atoms with Gasteiger partial charge in [-0.25, -0.2) is 4.79 Å². The highest BCUT2D eigenvalue weighted by Crippen LogP contribution is 2.25. The Bertz CT molecular complexity index is 153. The average Bonchev–Trinajstić information content (AvgIpc) is 2.19. The second-order valence-corrected chi connectivity index (χ2v) is 3.80. The van der Waals surface area contributed by atoms with E-state index in [1.165, 1.54) is 32.1 Å². The molecule has 3 heteroatoms. The van der Waals surface area contributed by atoms with Gasteiger partial charge in [0.05, 0.1) is 0 Å². The van der Waals surface area contributed by atoms with E-state index in [2.05, 4.69) is 10.6 Å². The van der Waals surface area contributed by atoms with E-state index in [1.54, 1.807) is 7.05 Å². The Labute approximate surface area is 80.3 Å². The lowest BCUT2D eigenvalue weighted by molar-refractivity contribution is 0.241. The highest BCUT2D eigenvalue weighted by Gasteiger charge is 2.12. The van der Waals surface area contributed by atoms with Crippen LogP contribution >= 0.6 is 0 Å². The van der Waals surface area contributed by atoms with Crippen molar-refractivity contribution in [1.82, 2.24) is 10.6 Å². The van der Waals surface area contributed by atoms with Crippen LogP contribution in [0.4, 0.5) is 4.79 Å². The molecule has 0 aliphatic heterocycles. The van der Waals surface area contributed by atoms with Gasteiger partial charge in [-0.15, -0.1) is 0 Å². The van der Waals surface area contributed by atoms with Crippen LogP contribution in [0.1, 0.15) is 38.5 Å². The van der Waals surface area contributed by atoms with Crippen molar-refractivity contribution in [3.63, 3.8) is 0 Å². The number of carbonyl (C=O) groups is 1. The van der Waals surface area contributed by atoms with Gasteiger partial charge in [0, 0.05) is 13.6 Å². The molecule has 0 radical (unpaired) electrons. The van der Waals surface area contributed by atoms with Crippen LogP contribution in [0.2, 0.25) is 0 Å². The number of rotatable bonds is 3. The molecule has 13 heavy (non-hydrogen) atoms. The first-order valence-corrected chi connectivity index (χ1v) is 5.28. The molecular formula is C10H20N2O. The molecule has 1 aliphatic rings. The van der Waals surface area contributed by atoms with Crippen molar-refractivity contribution in [2.45, 2.75) is 38.5 Å². The molecule has 2 amide bonds. The number of carbonyl (C=O) groups excluding carboxylic acids is 1. The molecule has 0 unspecified atom stereocenters. The zero-order chi connectivity index (χ0) is 9.52. The first-order chi connectivity index (χ1) is 6.33. The Morgan fingerprint density at radius 1 is 1.31 bits per heavy atom. The first kappa shape index (κ1) is 10.4. The zero-order valence-corrected chi connectivity index (χ0v) is 8.44. The molecule has 1 saturated carbocycles. The lowest BCUT2D eigenvalue weighted by Gasteiger charge is -2.21. The smallest absolute Gasteiger partial charge is 0.314 e. The summed E-state index contributed by atoms with van der Waals surface area (Å²) in [6.45, 7) is 0.824. The Kier molecular flexibility index (Phi) is 4.65. The van der Waals surface area contributed by atoms with E-state index in [0.29, 0.717) is 0 Å². The van der Waals surface area contributed by atoms with E-state index in [-0.39, 0.29) is 6.03 Å². The number of amides is 2. The fourth-order valence-corrected chi connectivity index (χ4v) is 1.95. The lowest BCUT2D eigenvalue weighted by atomic mass is 9.87. The second-order valence-electron chi connectivity index (χ2n) is 3.80. The molecule has 0 spiro atoms. The van der Waals surface area contributed by atoms with Crippen molar-refractivity contribution in [2.75, 3.05) is 13.6 Å². The van der Waals surface area contributed by atoms with Crippen molar-refractivity contribution in [1.29, 1.82) is 0 Å². The van der Waals surface area contributed by atoms with Gasteiger partial charge in [0.1, 0.15) is 0 Å². The van der Waals surface area contributed by atoms with Gasteiger partial charge >= 0.3 is 6.03 Å². The summed E-state index contributed by atoms with van der Waals surface area (Å²) in [5.74, 6) is 0.853. The van der Waals surface area contributed by atoms with Crippen molar-refractivity contribution in [3.8, 4) is 0 Å². The fraction of sp³-hybridized carbons (Fsp3) is 0.900. The standard InChI is InChI=1S/C10H20N2O/c1-11-10(13)12-8-7-9-5-3-2-4-6-9/h9H,2-8H2,1H3,(H2,11,12,13). The monoisotopic (exact) mass is 184 g/mol. The summed E-state index contributed by atoms with van der Waals surface area (Å²) in [5, 5.41) is 5.38. The van der Waals surface area contributed by atoms with Gasteiger partial charge in [-0.1, -0.05) is 32.1 Å². The third-order valence-corrected chi connectivity index (χ3v) is 2.79. The lowest BCUT2D eigenvalue weighted by Crippen LogP contribution is -2.34. The second kappa shape index (κ2) is 5.84. The first-order valence-electron chi connectivity index (χ1n) is 5.28. The number of hydrogen-bond acceptors (Lipinski definition) is 1. The highest BCUT2D eigenvalue weighted by atomic mass is 16.2. The minimum absolute atomic E-state index is 0.0594. The third-order valence-electron chi connectivity index (χ3n) is 2.79. The van der Waals surface area contributed by atoms with Crippen LogP contribution < -0.4 is 10.6 Å². The van der Waals surface area contributed by atoms with Gasteiger partial charge < -0.3 is 10.6 Å². The molecule has 0 aromatic rings. The van der Waals surface area contributed by atoms with Crippen LogP contribution in [0.15, 0.2) is 0 Å². The quantitative estimate of drug-likeness (QED) is 0.691. The fourth-order valence-electron chi connectivity index (χ4n) is 1.95. The summed E-state index contributed by atoms with van der Waals surface area (Å²) in [6, 6.07) is -0.0594. The van der Waals surface area contributed by atoms with Crippen LogP contribution in [-0.4, -0.2) is 19.6 Å². The molecule has 1 rings (SSSR count). The van der Waals surface area contributed by atoms with Gasteiger partial charge in [0.2, 0.25) is 0 Å². The van der Waals surface area contributed by atoms with E-state index in [0.717, 1.165) is 18.9 Å². The summed E-state index contributed by atoms with van der Waals surface area (Å²) < 4.78 is 0. The topological polar surface area (TPSA) is 41.1 Å². The molecule has 0 bridgehead atoms. The van der Waals surface area contributed by atoms with Crippen LogP contribution in [-0.2, 0) is 0 Å². The van der Waals surface area contributed by atoms with Crippen LogP contribution in [0.25, 0.3) is 0 Å². The molecule has 0 aromatic heterocycles. The SMILES string of the molecule is CNC(=O)NCCC1CCCCC1. The minimum Gasteiger partial charge on any atom is -0.341 e. The van der Waals surface area contributed by atoms with Crippen molar-refractivity contribution in [2.24, 2.45) is 5.92 Å². The summed E-state index contributed by atoms with van der Waals surface area (Å²) in [5.41, 5.74) is 0. The summed E-state index contributed by atoms with van der Waals surface area (Å²) in [4.78, 5) is 10.8.